The van der Waals surface area contributed by atoms with Crippen molar-refractivity contribution in [3.8, 4) is 11.1 Å². The minimum Gasteiger partial charge on any atom is -0.377 e. The third kappa shape index (κ3) is 3.54. The Hall–Kier alpha value is -3.00. The molecule has 2 heteroatoms. The maximum Gasteiger partial charge on any atom is 0.0453 e. The molecule has 1 aliphatic rings. The van der Waals surface area contributed by atoms with Crippen LogP contribution in [0.15, 0.2) is 72.8 Å². The van der Waals surface area contributed by atoms with E-state index in [0.717, 1.165) is 0 Å². The normalized spacial score (nSPS) is 14.8. The van der Waals surface area contributed by atoms with Gasteiger partial charge in [0.15, 0.2) is 0 Å². The Morgan fingerprint density at radius 2 is 1.10 bits per heavy atom. The molecule has 0 aliphatic heterocycles. The minimum atomic E-state index is 0.617. The Labute approximate surface area is 186 Å². The summed E-state index contributed by atoms with van der Waals surface area (Å²) in [5.41, 5.74) is 5.34. The first-order chi connectivity index (χ1) is 15.1. The van der Waals surface area contributed by atoms with Crippen LogP contribution in [0.25, 0.3) is 32.7 Å². The van der Waals surface area contributed by atoms with Gasteiger partial charge in [0.2, 0.25) is 0 Å². The maximum atomic E-state index is 2.57. The second kappa shape index (κ2) is 8.26. The Kier molecular flexibility index (Phi) is 5.31. The van der Waals surface area contributed by atoms with E-state index in [9.17, 15) is 0 Å². The number of benzene rings is 4. The zero-order valence-corrected chi connectivity index (χ0v) is 18.9. The fourth-order valence-corrected chi connectivity index (χ4v) is 5.38. The molecule has 0 saturated heterocycles. The van der Waals surface area contributed by atoms with Gasteiger partial charge in [-0.25, -0.2) is 0 Å². The summed E-state index contributed by atoms with van der Waals surface area (Å²) >= 11 is 0. The number of anilines is 2. The van der Waals surface area contributed by atoms with E-state index in [1.807, 2.05) is 0 Å². The molecular weight excluding hydrogens is 376 g/mol. The lowest BCUT2D eigenvalue weighted by Gasteiger charge is -2.35. The van der Waals surface area contributed by atoms with Crippen LogP contribution in [0.1, 0.15) is 32.1 Å². The Morgan fingerprint density at radius 3 is 1.68 bits per heavy atom. The van der Waals surface area contributed by atoms with Gasteiger partial charge in [0.1, 0.15) is 0 Å². The molecule has 158 valence electrons. The molecule has 0 N–H and O–H groups in total. The molecule has 0 amide bonds. The van der Waals surface area contributed by atoms with Crippen LogP contribution >= 0.6 is 0 Å². The van der Waals surface area contributed by atoms with E-state index in [4.69, 9.17) is 0 Å². The molecule has 0 spiro atoms. The van der Waals surface area contributed by atoms with Crippen LogP contribution in [0, 0.1) is 0 Å². The molecule has 1 aliphatic carbocycles. The highest BCUT2D eigenvalue weighted by Gasteiger charge is 2.24. The summed E-state index contributed by atoms with van der Waals surface area (Å²) in [4.78, 5) is 4.83. The van der Waals surface area contributed by atoms with Gasteiger partial charge in [0, 0.05) is 49.7 Å². The van der Waals surface area contributed by atoms with Gasteiger partial charge in [-0.1, -0.05) is 79.9 Å². The van der Waals surface area contributed by atoms with Crippen LogP contribution < -0.4 is 9.80 Å². The van der Waals surface area contributed by atoms with E-state index in [0.29, 0.717) is 6.04 Å². The molecule has 0 unspecified atom stereocenters. The average Bonchev–Trinajstić information content (AvgIpc) is 2.82. The van der Waals surface area contributed by atoms with E-state index in [1.54, 1.807) is 0 Å². The van der Waals surface area contributed by atoms with Crippen molar-refractivity contribution in [3.05, 3.63) is 72.8 Å². The van der Waals surface area contributed by atoms with Crippen LogP contribution in [0.5, 0.6) is 0 Å². The van der Waals surface area contributed by atoms with Crippen LogP contribution in [0.3, 0.4) is 0 Å². The number of nitrogens with zero attached hydrogens (tertiary/aromatic N) is 2. The van der Waals surface area contributed by atoms with E-state index in [1.165, 1.54) is 76.2 Å². The van der Waals surface area contributed by atoms with Crippen molar-refractivity contribution < 1.29 is 0 Å². The van der Waals surface area contributed by atoms with Crippen molar-refractivity contribution in [3.63, 3.8) is 0 Å². The molecule has 0 bridgehead atoms. The molecule has 0 atom stereocenters. The number of fused-ring (bicyclic) bond motifs is 2. The lowest BCUT2D eigenvalue weighted by atomic mass is 9.88. The SMILES string of the molecule is CN(C)c1ccc2ccccc2c1-c1c(N(C)C2CCCCC2)ccc2ccccc12. The molecule has 1 fully saturated rings. The fourth-order valence-electron chi connectivity index (χ4n) is 5.38. The van der Waals surface area contributed by atoms with Gasteiger partial charge in [0.25, 0.3) is 0 Å². The number of rotatable bonds is 4. The van der Waals surface area contributed by atoms with Crippen LogP contribution in [-0.4, -0.2) is 27.2 Å². The smallest absolute Gasteiger partial charge is 0.0453 e. The second-order valence-electron chi connectivity index (χ2n) is 9.16. The van der Waals surface area contributed by atoms with Gasteiger partial charge in [-0.2, -0.15) is 0 Å². The van der Waals surface area contributed by atoms with Crippen molar-refractivity contribution in [2.24, 2.45) is 0 Å². The summed E-state index contributed by atoms with van der Waals surface area (Å²) in [6, 6.07) is 27.5. The highest BCUT2D eigenvalue weighted by molar-refractivity contribution is 6.13. The predicted molar refractivity (Wildman–Crippen MR) is 136 cm³/mol. The van der Waals surface area contributed by atoms with Gasteiger partial charge in [-0.05, 0) is 46.5 Å². The molecule has 4 aromatic rings. The monoisotopic (exact) mass is 408 g/mol. The highest BCUT2D eigenvalue weighted by atomic mass is 15.1. The molecule has 0 heterocycles. The molecule has 4 aromatic carbocycles. The second-order valence-corrected chi connectivity index (χ2v) is 9.16. The van der Waals surface area contributed by atoms with Gasteiger partial charge in [0.05, 0.1) is 0 Å². The molecule has 5 rings (SSSR count). The lowest BCUT2D eigenvalue weighted by Crippen LogP contribution is -2.33. The van der Waals surface area contributed by atoms with E-state index in [-0.39, 0.29) is 0 Å². The van der Waals surface area contributed by atoms with Crippen LogP contribution in [0.4, 0.5) is 11.4 Å². The van der Waals surface area contributed by atoms with Crippen molar-refractivity contribution >= 4 is 32.9 Å². The number of hydrogen-bond acceptors (Lipinski definition) is 2. The summed E-state index contributed by atoms with van der Waals surface area (Å²) in [5.74, 6) is 0. The molecule has 0 aromatic heterocycles. The first-order valence-electron chi connectivity index (χ1n) is 11.6. The van der Waals surface area contributed by atoms with Gasteiger partial charge < -0.3 is 9.80 Å². The zero-order chi connectivity index (χ0) is 21.4. The molecule has 31 heavy (non-hydrogen) atoms. The molecule has 1 saturated carbocycles. The van der Waals surface area contributed by atoms with Crippen molar-refractivity contribution in [1.82, 2.24) is 0 Å². The number of hydrogen-bond donors (Lipinski definition) is 0. The first kappa shape index (κ1) is 19.9. The standard InChI is InChI=1S/C29H32N2/c1-30(2)26-19-17-21-11-7-9-15-24(21)28(26)29-25-16-10-8-12-22(25)18-20-27(29)31(3)23-13-5-4-6-14-23/h7-12,15-20,23H,4-6,13-14H2,1-3H3. The Bertz CT molecular complexity index is 1220. The Morgan fingerprint density at radius 1 is 0.581 bits per heavy atom. The minimum absolute atomic E-state index is 0.617. The zero-order valence-electron chi connectivity index (χ0n) is 18.9. The van der Waals surface area contributed by atoms with E-state index < -0.39 is 0 Å². The van der Waals surface area contributed by atoms with E-state index in [2.05, 4.69) is 104 Å². The Balaban J connectivity index is 1.85. The average molecular weight is 409 g/mol. The quantitative estimate of drug-likeness (QED) is 0.345. The third-order valence-electron chi connectivity index (χ3n) is 7.05. The predicted octanol–water partition coefficient (Wildman–Crippen LogP) is 7.49. The van der Waals surface area contributed by atoms with Gasteiger partial charge >= 0.3 is 0 Å². The van der Waals surface area contributed by atoms with Crippen LogP contribution in [-0.2, 0) is 0 Å². The molecule has 2 nitrogen and oxygen atoms in total. The van der Waals surface area contributed by atoms with Gasteiger partial charge in [-0.15, -0.1) is 0 Å². The van der Waals surface area contributed by atoms with Crippen LogP contribution in [0.2, 0.25) is 0 Å². The first-order valence-corrected chi connectivity index (χ1v) is 11.6. The molecular formula is C29H32N2. The topological polar surface area (TPSA) is 6.48 Å². The summed E-state index contributed by atoms with van der Waals surface area (Å²) in [5, 5.41) is 5.25. The molecule has 0 radical (unpaired) electrons. The fraction of sp³-hybridized carbons (Fsp3) is 0.310. The largest absolute Gasteiger partial charge is 0.377 e. The summed E-state index contributed by atoms with van der Waals surface area (Å²) in [6.07, 6.45) is 6.64. The summed E-state index contributed by atoms with van der Waals surface area (Å²) in [7, 11) is 6.62. The van der Waals surface area contributed by atoms with Crippen molar-refractivity contribution in [2.75, 3.05) is 30.9 Å². The highest BCUT2D eigenvalue weighted by Crippen LogP contribution is 2.46. The summed E-state index contributed by atoms with van der Waals surface area (Å²) < 4.78 is 0. The third-order valence-corrected chi connectivity index (χ3v) is 7.05. The summed E-state index contributed by atoms with van der Waals surface area (Å²) in [6.45, 7) is 0. The van der Waals surface area contributed by atoms with E-state index >= 15 is 0 Å². The van der Waals surface area contributed by atoms with Crippen molar-refractivity contribution in [2.45, 2.75) is 38.1 Å². The van der Waals surface area contributed by atoms with Crippen molar-refractivity contribution in [1.29, 1.82) is 0 Å². The maximum absolute atomic E-state index is 2.57. The lowest BCUT2D eigenvalue weighted by molar-refractivity contribution is 0.428. The van der Waals surface area contributed by atoms with Gasteiger partial charge in [-0.3, -0.25) is 0 Å².